The Bertz CT molecular complexity index is 359. The summed E-state index contributed by atoms with van der Waals surface area (Å²) in [5.41, 5.74) is 0. The molecule has 9 heteroatoms. The molecule has 8 nitrogen and oxygen atoms in total. The van der Waals surface area contributed by atoms with Gasteiger partial charge in [-0.1, -0.05) is 26.7 Å². The van der Waals surface area contributed by atoms with E-state index in [0.717, 1.165) is 17.7 Å². The summed E-state index contributed by atoms with van der Waals surface area (Å²) in [6.07, 6.45) is 2.46. The Morgan fingerprint density at radius 3 is 1.68 bits per heavy atom. The predicted octanol–water partition coefficient (Wildman–Crippen LogP) is 1.11. The molecule has 0 amide bonds. The van der Waals surface area contributed by atoms with Crippen molar-refractivity contribution in [2.75, 3.05) is 32.6 Å². The maximum atomic E-state index is 11.6. The van der Waals surface area contributed by atoms with Crippen LogP contribution in [0.5, 0.6) is 0 Å². The van der Waals surface area contributed by atoms with Crippen molar-refractivity contribution in [3.05, 3.63) is 0 Å². The van der Waals surface area contributed by atoms with E-state index in [1.807, 2.05) is 13.8 Å². The van der Waals surface area contributed by atoms with E-state index in [1.165, 1.54) is 0 Å². The first-order chi connectivity index (χ1) is 10.3. The van der Waals surface area contributed by atoms with E-state index in [0.29, 0.717) is 12.8 Å². The van der Waals surface area contributed by atoms with Crippen molar-refractivity contribution >= 4 is 19.5 Å². The van der Waals surface area contributed by atoms with Gasteiger partial charge in [0.15, 0.2) is 0 Å². The molecule has 0 spiro atoms. The standard InChI is InChI=1S/C13H26NO7P/c1-3-5-7-20-12(15)9-14(11-22(17,18)19)10-13(16)21-8-6-4-2/h3-11H2,1-2H3,(H2,17,18,19). The number of hydrogen-bond acceptors (Lipinski definition) is 6. The fourth-order valence-electron chi connectivity index (χ4n) is 1.53. The second-order valence-electron chi connectivity index (χ2n) is 4.94. The van der Waals surface area contributed by atoms with Crippen molar-refractivity contribution in [3.8, 4) is 0 Å². The van der Waals surface area contributed by atoms with Gasteiger partial charge in [0.05, 0.1) is 26.3 Å². The first-order valence-electron chi connectivity index (χ1n) is 7.36. The van der Waals surface area contributed by atoms with Gasteiger partial charge in [0.2, 0.25) is 0 Å². The van der Waals surface area contributed by atoms with E-state index in [1.54, 1.807) is 0 Å². The summed E-state index contributed by atoms with van der Waals surface area (Å²) in [6.45, 7) is 3.66. The van der Waals surface area contributed by atoms with Crippen LogP contribution in [0.25, 0.3) is 0 Å². The van der Waals surface area contributed by atoms with E-state index in [9.17, 15) is 14.2 Å². The average molecular weight is 339 g/mol. The lowest BCUT2D eigenvalue weighted by Gasteiger charge is -2.20. The third-order valence-electron chi connectivity index (χ3n) is 2.61. The summed E-state index contributed by atoms with van der Waals surface area (Å²) in [4.78, 5) is 42.2. The number of esters is 2. The van der Waals surface area contributed by atoms with Gasteiger partial charge < -0.3 is 19.3 Å². The molecule has 0 aliphatic carbocycles. The van der Waals surface area contributed by atoms with E-state index < -0.39 is 25.8 Å². The first-order valence-corrected chi connectivity index (χ1v) is 9.16. The third kappa shape index (κ3) is 12.8. The highest BCUT2D eigenvalue weighted by molar-refractivity contribution is 7.51. The Balaban J connectivity index is 4.39. The quantitative estimate of drug-likeness (QED) is 0.309. The van der Waals surface area contributed by atoms with Crippen LogP contribution in [0.3, 0.4) is 0 Å². The maximum absolute atomic E-state index is 11.6. The van der Waals surface area contributed by atoms with E-state index in [2.05, 4.69) is 0 Å². The molecule has 0 saturated carbocycles. The normalized spacial score (nSPS) is 11.5. The van der Waals surface area contributed by atoms with Crippen LogP contribution in [-0.2, 0) is 23.6 Å². The molecule has 0 radical (unpaired) electrons. The summed E-state index contributed by atoms with van der Waals surface area (Å²) in [7, 11) is -4.39. The van der Waals surface area contributed by atoms with Crippen LogP contribution in [0, 0.1) is 0 Å². The van der Waals surface area contributed by atoms with Crippen LogP contribution in [0.4, 0.5) is 0 Å². The molecular formula is C13H26NO7P. The van der Waals surface area contributed by atoms with Gasteiger partial charge in [0.1, 0.15) is 6.29 Å². The molecule has 130 valence electrons. The second-order valence-corrected chi connectivity index (χ2v) is 6.55. The van der Waals surface area contributed by atoms with Crippen molar-refractivity contribution in [2.24, 2.45) is 0 Å². The zero-order valence-corrected chi connectivity index (χ0v) is 14.1. The Hall–Kier alpha value is -0.950. The molecule has 0 atom stereocenters. The molecule has 22 heavy (non-hydrogen) atoms. The number of carbonyl (C=O) groups is 2. The van der Waals surface area contributed by atoms with Gasteiger partial charge in [-0.25, -0.2) is 0 Å². The van der Waals surface area contributed by atoms with Gasteiger partial charge in [-0.15, -0.1) is 0 Å². The molecule has 0 bridgehead atoms. The lowest BCUT2D eigenvalue weighted by molar-refractivity contribution is -0.148. The number of hydrogen-bond donors (Lipinski definition) is 2. The Morgan fingerprint density at radius 1 is 0.955 bits per heavy atom. The molecule has 0 aliphatic heterocycles. The highest BCUT2D eigenvalue weighted by atomic mass is 31.2. The minimum Gasteiger partial charge on any atom is -0.465 e. The van der Waals surface area contributed by atoms with Crippen LogP contribution >= 0.6 is 7.60 Å². The Kier molecular flexibility index (Phi) is 11.1. The van der Waals surface area contributed by atoms with E-state index in [-0.39, 0.29) is 26.3 Å². The van der Waals surface area contributed by atoms with Crippen molar-refractivity contribution < 1.29 is 33.4 Å². The maximum Gasteiger partial charge on any atom is 0.339 e. The van der Waals surface area contributed by atoms with E-state index in [4.69, 9.17) is 19.3 Å². The SMILES string of the molecule is CCCCOC(=O)CN(CC(=O)OCCCC)CP(=O)(O)O. The molecule has 0 heterocycles. The van der Waals surface area contributed by atoms with Crippen LogP contribution < -0.4 is 0 Å². The summed E-state index contributed by atoms with van der Waals surface area (Å²) < 4.78 is 20.9. The van der Waals surface area contributed by atoms with Crippen LogP contribution in [0.1, 0.15) is 39.5 Å². The molecule has 0 fully saturated rings. The number of nitrogens with zero attached hydrogens (tertiary/aromatic N) is 1. The summed E-state index contributed by atoms with van der Waals surface area (Å²) in [5.74, 6) is -1.24. The largest absolute Gasteiger partial charge is 0.465 e. The Morgan fingerprint density at radius 2 is 1.36 bits per heavy atom. The zero-order chi connectivity index (χ0) is 17.0. The topological polar surface area (TPSA) is 113 Å². The summed E-state index contributed by atoms with van der Waals surface area (Å²) in [6, 6.07) is 0. The van der Waals surface area contributed by atoms with Gasteiger partial charge in [-0.3, -0.25) is 19.1 Å². The zero-order valence-electron chi connectivity index (χ0n) is 13.2. The van der Waals surface area contributed by atoms with Gasteiger partial charge in [0, 0.05) is 0 Å². The average Bonchev–Trinajstić information content (AvgIpc) is 2.37. The fourth-order valence-corrected chi connectivity index (χ4v) is 2.25. The van der Waals surface area contributed by atoms with E-state index >= 15 is 0 Å². The highest BCUT2D eigenvalue weighted by Crippen LogP contribution is 2.34. The number of carbonyl (C=O) groups excluding carboxylic acids is 2. The molecule has 0 rings (SSSR count). The molecule has 0 aromatic carbocycles. The molecular weight excluding hydrogens is 313 g/mol. The molecule has 0 aliphatic rings. The molecule has 0 unspecified atom stereocenters. The lowest BCUT2D eigenvalue weighted by atomic mass is 10.4. The molecule has 2 N–H and O–H groups in total. The Labute approximate surface area is 130 Å². The van der Waals surface area contributed by atoms with Crippen LogP contribution in [0.2, 0.25) is 0 Å². The minimum absolute atomic E-state index is 0.250. The monoisotopic (exact) mass is 339 g/mol. The van der Waals surface area contributed by atoms with Gasteiger partial charge in [0.25, 0.3) is 0 Å². The van der Waals surface area contributed by atoms with Crippen molar-refractivity contribution in [2.45, 2.75) is 39.5 Å². The van der Waals surface area contributed by atoms with Crippen molar-refractivity contribution in [3.63, 3.8) is 0 Å². The smallest absolute Gasteiger partial charge is 0.339 e. The summed E-state index contributed by atoms with van der Waals surface area (Å²) >= 11 is 0. The second kappa shape index (κ2) is 11.6. The fraction of sp³-hybridized carbons (Fsp3) is 0.846. The minimum atomic E-state index is -4.39. The van der Waals surface area contributed by atoms with Crippen molar-refractivity contribution in [1.29, 1.82) is 0 Å². The number of unbranched alkanes of at least 4 members (excludes halogenated alkanes) is 2. The van der Waals surface area contributed by atoms with Crippen LogP contribution in [-0.4, -0.2) is 59.2 Å². The van der Waals surface area contributed by atoms with Gasteiger partial charge >= 0.3 is 19.5 Å². The molecule has 0 saturated heterocycles. The van der Waals surface area contributed by atoms with Gasteiger partial charge in [-0.2, -0.15) is 0 Å². The van der Waals surface area contributed by atoms with Crippen molar-refractivity contribution in [1.82, 2.24) is 4.90 Å². The third-order valence-corrected chi connectivity index (χ3v) is 3.38. The lowest BCUT2D eigenvalue weighted by Crippen LogP contribution is -2.37. The highest BCUT2D eigenvalue weighted by Gasteiger charge is 2.24. The summed E-state index contributed by atoms with van der Waals surface area (Å²) in [5, 5.41) is 0. The van der Waals surface area contributed by atoms with Gasteiger partial charge in [-0.05, 0) is 12.8 Å². The molecule has 0 aromatic rings. The number of ether oxygens (including phenoxy) is 2. The first kappa shape index (κ1) is 21.0. The number of rotatable bonds is 12. The predicted molar refractivity (Wildman–Crippen MR) is 80.2 cm³/mol. The molecule has 0 aromatic heterocycles. The van der Waals surface area contributed by atoms with Crippen LogP contribution in [0.15, 0.2) is 0 Å².